The first-order valence-corrected chi connectivity index (χ1v) is 8.58. The standard InChI is InChI=1S/C18H16N4OS/c1-12-20-15-7-6-14(10-17(15)24-12)21-18(23)8-9-22-16-5-3-2-4-13(16)11-19-22/h2-7,10-11H,8-9H2,1H3,(H,21,23). The van der Waals surface area contributed by atoms with Gasteiger partial charge in [0.1, 0.15) is 0 Å². The molecule has 0 aliphatic carbocycles. The molecule has 0 fully saturated rings. The molecule has 1 amide bonds. The lowest BCUT2D eigenvalue weighted by molar-refractivity contribution is -0.116. The zero-order chi connectivity index (χ0) is 16.5. The summed E-state index contributed by atoms with van der Waals surface area (Å²) in [5.74, 6) is -0.0184. The summed E-state index contributed by atoms with van der Waals surface area (Å²) in [4.78, 5) is 16.6. The highest BCUT2D eigenvalue weighted by Gasteiger charge is 2.07. The van der Waals surface area contributed by atoms with Gasteiger partial charge in [0.05, 0.1) is 33.5 Å². The average Bonchev–Trinajstić information content (AvgIpc) is 3.15. The molecular formula is C18H16N4OS. The molecule has 2 heterocycles. The first-order valence-electron chi connectivity index (χ1n) is 7.77. The van der Waals surface area contributed by atoms with Crippen molar-refractivity contribution >= 4 is 44.1 Å². The van der Waals surface area contributed by atoms with Crippen LogP contribution in [0, 0.1) is 6.92 Å². The summed E-state index contributed by atoms with van der Waals surface area (Å²) < 4.78 is 2.95. The molecule has 0 aliphatic rings. The van der Waals surface area contributed by atoms with Crippen molar-refractivity contribution in [1.29, 1.82) is 0 Å². The smallest absolute Gasteiger partial charge is 0.226 e. The zero-order valence-corrected chi connectivity index (χ0v) is 14.0. The minimum Gasteiger partial charge on any atom is -0.326 e. The molecule has 2 aromatic heterocycles. The minimum atomic E-state index is -0.0184. The maximum atomic E-state index is 12.2. The van der Waals surface area contributed by atoms with Crippen LogP contribution in [0.3, 0.4) is 0 Å². The number of carbonyl (C=O) groups is 1. The Kier molecular flexibility index (Phi) is 3.74. The number of aromatic nitrogens is 3. The van der Waals surface area contributed by atoms with Crippen molar-refractivity contribution in [2.75, 3.05) is 5.32 Å². The Morgan fingerprint density at radius 1 is 1.25 bits per heavy atom. The van der Waals surface area contributed by atoms with Gasteiger partial charge in [-0.2, -0.15) is 5.10 Å². The summed E-state index contributed by atoms with van der Waals surface area (Å²) in [5, 5.41) is 9.41. The van der Waals surface area contributed by atoms with Crippen molar-refractivity contribution in [3.8, 4) is 0 Å². The Labute approximate surface area is 142 Å². The molecule has 0 aliphatic heterocycles. The number of thiazole rings is 1. The van der Waals surface area contributed by atoms with Gasteiger partial charge in [0.25, 0.3) is 0 Å². The first kappa shape index (κ1) is 14.8. The van der Waals surface area contributed by atoms with E-state index < -0.39 is 0 Å². The van der Waals surface area contributed by atoms with Gasteiger partial charge in [-0.05, 0) is 31.2 Å². The molecule has 24 heavy (non-hydrogen) atoms. The fourth-order valence-electron chi connectivity index (χ4n) is 2.75. The maximum absolute atomic E-state index is 12.2. The normalized spacial score (nSPS) is 11.2. The van der Waals surface area contributed by atoms with Gasteiger partial charge >= 0.3 is 0 Å². The number of aryl methyl sites for hydroxylation is 2. The van der Waals surface area contributed by atoms with Crippen molar-refractivity contribution in [3.63, 3.8) is 0 Å². The summed E-state index contributed by atoms with van der Waals surface area (Å²) in [5.41, 5.74) is 2.83. The minimum absolute atomic E-state index is 0.0184. The molecule has 1 N–H and O–H groups in total. The van der Waals surface area contributed by atoms with Gasteiger partial charge in [-0.25, -0.2) is 4.98 Å². The summed E-state index contributed by atoms with van der Waals surface area (Å²) in [6.45, 7) is 2.54. The van der Waals surface area contributed by atoms with Crippen molar-refractivity contribution in [2.24, 2.45) is 0 Å². The number of benzene rings is 2. The second-order valence-corrected chi connectivity index (χ2v) is 6.87. The predicted molar refractivity (Wildman–Crippen MR) is 97.3 cm³/mol. The number of hydrogen-bond donors (Lipinski definition) is 1. The Balaban J connectivity index is 1.44. The lowest BCUT2D eigenvalue weighted by Gasteiger charge is -2.06. The third-order valence-corrected chi connectivity index (χ3v) is 4.81. The van der Waals surface area contributed by atoms with E-state index in [0.717, 1.165) is 31.8 Å². The van der Waals surface area contributed by atoms with E-state index in [1.54, 1.807) is 11.3 Å². The van der Waals surface area contributed by atoms with Crippen LogP contribution in [0.4, 0.5) is 5.69 Å². The van der Waals surface area contributed by atoms with E-state index in [1.807, 2.05) is 60.3 Å². The largest absolute Gasteiger partial charge is 0.326 e. The lowest BCUT2D eigenvalue weighted by atomic mass is 10.2. The van der Waals surface area contributed by atoms with Crippen LogP contribution in [0.25, 0.3) is 21.1 Å². The zero-order valence-electron chi connectivity index (χ0n) is 13.2. The number of nitrogens with zero attached hydrogens (tertiary/aromatic N) is 3. The highest BCUT2D eigenvalue weighted by Crippen LogP contribution is 2.24. The predicted octanol–water partition coefficient (Wildman–Crippen LogP) is 3.98. The van der Waals surface area contributed by atoms with Crippen LogP contribution in [-0.4, -0.2) is 20.7 Å². The molecule has 4 rings (SSSR count). The highest BCUT2D eigenvalue weighted by molar-refractivity contribution is 7.18. The Bertz CT molecular complexity index is 1030. The molecule has 0 spiro atoms. The van der Waals surface area contributed by atoms with Gasteiger partial charge in [-0.15, -0.1) is 11.3 Å². The van der Waals surface area contributed by atoms with Crippen LogP contribution in [0.15, 0.2) is 48.7 Å². The fourth-order valence-corrected chi connectivity index (χ4v) is 3.62. The number of carbonyl (C=O) groups excluding carboxylic acids is 1. The van der Waals surface area contributed by atoms with Crippen LogP contribution in [0.5, 0.6) is 0 Å². The van der Waals surface area contributed by atoms with Crippen LogP contribution in [0.1, 0.15) is 11.4 Å². The Morgan fingerprint density at radius 3 is 3.04 bits per heavy atom. The van der Waals surface area contributed by atoms with Gasteiger partial charge in [-0.3, -0.25) is 9.48 Å². The number of anilines is 1. The molecule has 6 heteroatoms. The van der Waals surface area contributed by atoms with Crippen molar-refractivity contribution in [2.45, 2.75) is 19.9 Å². The van der Waals surface area contributed by atoms with E-state index in [-0.39, 0.29) is 5.91 Å². The van der Waals surface area contributed by atoms with Crippen LogP contribution in [-0.2, 0) is 11.3 Å². The number of para-hydroxylation sites is 1. The summed E-state index contributed by atoms with van der Waals surface area (Å²) in [6, 6.07) is 13.8. The average molecular weight is 336 g/mol. The van der Waals surface area contributed by atoms with E-state index in [9.17, 15) is 4.79 Å². The molecule has 0 saturated carbocycles. The lowest BCUT2D eigenvalue weighted by Crippen LogP contribution is -2.14. The number of hydrogen-bond acceptors (Lipinski definition) is 4. The van der Waals surface area contributed by atoms with Crippen molar-refractivity contribution in [1.82, 2.24) is 14.8 Å². The molecule has 2 aromatic carbocycles. The van der Waals surface area contributed by atoms with Crippen LogP contribution >= 0.6 is 11.3 Å². The van der Waals surface area contributed by atoms with E-state index in [1.165, 1.54) is 0 Å². The van der Waals surface area contributed by atoms with E-state index in [4.69, 9.17) is 0 Å². The first-order chi connectivity index (χ1) is 11.7. The third kappa shape index (κ3) is 2.88. The summed E-state index contributed by atoms with van der Waals surface area (Å²) >= 11 is 1.63. The molecule has 0 saturated heterocycles. The third-order valence-electron chi connectivity index (χ3n) is 3.88. The molecule has 5 nitrogen and oxygen atoms in total. The van der Waals surface area contributed by atoms with E-state index in [0.29, 0.717) is 13.0 Å². The fraction of sp³-hybridized carbons (Fsp3) is 0.167. The second kappa shape index (κ2) is 6.05. The molecule has 0 radical (unpaired) electrons. The SMILES string of the molecule is Cc1nc2ccc(NC(=O)CCn3ncc4ccccc43)cc2s1. The number of nitrogens with one attached hydrogen (secondary N) is 1. The number of rotatable bonds is 4. The molecule has 0 atom stereocenters. The van der Waals surface area contributed by atoms with Gasteiger partial charge in [0.2, 0.25) is 5.91 Å². The van der Waals surface area contributed by atoms with Crippen LogP contribution in [0.2, 0.25) is 0 Å². The molecule has 120 valence electrons. The summed E-state index contributed by atoms with van der Waals surface area (Å²) in [6.07, 6.45) is 2.21. The molecule has 0 bridgehead atoms. The van der Waals surface area contributed by atoms with Crippen molar-refractivity contribution in [3.05, 3.63) is 53.7 Å². The quantitative estimate of drug-likeness (QED) is 0.613. The van der Waals surface area contributed by atoms with Gasteiger partial charge in [0, 0.05) is 17.5 Å². The monoisotopic (exact) mass is 336 g/mol. The Morgan fingerprint density at radius 2 is 2.12 bits per heavy atom. The van der Waals surface area contributed by atoms with Crippen LogP contribution < -0.4 is 5.32 Å². The van der Waals surface area contributed by atoms with E-state index >= 15 is 0 Å². The number of fused-ring (bicyclic) bond motifs is 2. The Hall–Kier alpha value is -2.73. The van der Waals surface area contributed by atoms with Gasteiger partial charge in [0.15, 0.2) is 0 Å². The molecule has 0 unspecified atom stereocenters. The van der Waals surface area contributed by atoms with E-state index in [2.05, 4.69) is 15.4 Å². The molecular weight excluding hydrogens is 320 g/mol. The number of amides is 1. The summed E-state index contributed by atoms with van der Waals surface area (Å²) in [7, 11) is 0. The van der Waals surface area contributed by atoms with Crippen molar-refractivity contribution < 1.29 is 4.79 Å². The second-order valence-electron chi connectivity index (χ2n) is 5.64. The topological polar surface area (TPSA) is 59.8 Å². The molecule has 4 aromatic rings. The maximum Gasteiger partial charge on any atom is 0.226 e. The highest BCUT2D eigenvalue weighted by atomic mass is 32.1. The van der Waals surface area contributed by atoms with Gasteiger partial charge < -0.3 is 5.32 Å². The van der Waals surface area contributed by atoms with Gasteiger partial charge in [-0.1, -0.05) is 18.2 Å².